The second-order valence-corrected chi connectivity index (χ2v) is 9.21. The van der Waals surface area contributed by atoms with E-state index in [1.165, 1.54) is 42.5 Å². The smallest absolute Gasteiger partial charge is 0.295 e. The molecular weight excluding hydrogens is 432 g/mol. The summed E-state index contributed by atoms with van der Waals surface area (Å²) in [5.41, 5.74) is 12.3. The van der Waals surface area contributed by atoms with Crippen molar-refractivity contribution in [3.05, 3.63) is 71.8 Å². The van der Waals surface area contributed by atoms with Gasteiger partial charge in [-0.05, 0) is 42.0 Å². The van der Waals surface area contributed by atoms with Crippen LogP contribution in [0.5, 0.6) is 0 Å². The van der Waals surface area contributed by atoms with Gasteiger partial charge in [-0.15, -0.1) is 0 Å². The summed E-state index contributed by atoms with van der Waals surface area (Å²) in [5, 5.41) is 0. The molecule has 0 spiro atoms. The van der Waals surface area contributed by atoms with Crippen LogP contribution in [-0.4, -0.2) is 31.7 Å². The Hall–Kier alpha value is -3.25. The topological polar surface area (TPSA) is 178 Å². The number of anilines is 2. The Morgan fingerprint density at radius 1 is 0.700 bits per heavy atom. The SMILES string of the molecule is Nc1cc(N)cc(C(=O)c2ccc(-c3ccc(S(=O)(=O)O)cc3)c(S(=O)(=O)O)c2)c1. The maximum atomic E-state index is 12.8. The maximum absolute atomic E-state index is 12.8. The number of carbonyl (C=O) groups excluding carboxylic acids is 1. The molecule has 3 rings (SSSR count). The summed E-state index contributed by atoms with van der Waals surface area (Å²) in [6, 6.07) is 12.5. The summed E-state index contributed by atoms with van der Waals surface area (Å²) in [4.78, 5) is 11.8. The fraction of sp³-hybridized carbons (Fsp3) is 0. The lowest BCUT2D eigenvalue weighted by atomic mass is 9.98. The van der Waals surface area contributed by atoms with Gasteiger partial charge in [-0.3, -0.25) is 13.9 Å². The number of nitrogens with two attached hydrogens (primary N) is 2. The van der Waals surface area contributed by atoms with E-state index in [1.807, 2.05) is 0 Å². The average Bonchev–Trinajstić information content (AvgIpc) is 2.65. The first-order valence-electron chi connectivity index (χ1n) is 8.26. The minimum absolute atomic E-state index is 0.0306. The normalized spacial score (nSPS) is 11.9. The first-order chi connectivity index (χ1) is 13.9. The molecular formula is C19H16N2O7S2. The molecule has 0 heterocycles. The van der Waals surface area contributed by atoms with Gasteiger partial charge in [0.2, 0.25) is 0 Å². The minimum atomic E-state index is -4.74. The van der Waals surface area contributed by atoms with Gasteiger partial charge < -0.3 is 11.5 Å². The summed E-state index contributed by atoms with van der Waals surface area (Å²) in [7, 11) is -9.17. The molecule has 0 fully saturated rings. The molecule has 3 aromatic rings. The van der Waals surface area contributed by atoms with Gasteiger partial charge in [0.05, 0.1) is 4.90 Å². The molecule has 0 unspecified atom stereocenters. The zero-order valence-electron chi connectivity index (χ0n) is 15.2. The van der Waals surface area contributed by atoms with Gasteiger partial charge in [0.15, 0.2) is 5.78 Å². The zero-order valence-corrected chi connectivity index (χ0v) is 16.8. The summed E-state index contributed by atoms with van der Waals surface area (Å²) in [6.45, 7) is 0. The van der Waals surface area contributed by atoms with E-state index < -0.39 is 30.9 Å². The standard InChI is InChI=1S/C19H16N2O7S2/c20-14-7-13(8-15(21)10-14)19(22)12-3-6-17(18(9-12)30(26,27)28)11-1-4-16(5-2-11)29(23,24)25/h1-10H,20-21H2,(H,23,24,25)(H,26,27,28). The Kier molecular flexibility index (Phi) is 5.39. The predicted octanol–water partition coefficient (Wildman–Crippen LogP) is 2.24. The van der Waals surface area contributed by atoms with E-state index >= 15 is 0 Å². The van der Waals surface area contributed by atoms with Crippen LogP contribution in [-0.2, 0) is 20.2 Å². The summed E-state index contributed by atoms with van der Waals surface area (Å²) >= 11 is 0. The van der Waals surface area contributed by atoms with Gasteiger partial charge in [-0.25, -0.2) is 0 Å². The molecule has 0 radical (unpaired) electrons. The molecule has 0 amide bonds. The lowest BCUT2D eigenvalue weighted by molar-refractivity contribution is 0.103. The van der Waals surface area contributed by atoms with Crippen LogP contribution in [0.4, 0.5) is 11.4 Å². The molecule has 11 heteroatoms. The van der Waals surface area contributed by atoms with E-state index in [-0.39, 0.29) is 38.5 Å². The first kappa shape index (κ1) is 21.5. The largest absolute Gasteiger partial charge is 0.399 e. The lowest BCUT2D eigenvalue weighted by Crippen LogP contribution is -2.07. The molecule has 0 aliphatic heterocycles. The minimum Gasteiger partial charge on any atom is -0.399 e. The van der Waals surface area contributed by atoms with Gasteiger partial charge in [0.1, 0.15) is 4.90 Å². The van der Waals surface area contributed by atoms with E-state index in [2.05, 4.69) is 0 Å². The van der Waals surface area contributed by atoms with Crippen molar-refractivity contribution in [1.29, 1.82) is 0 Å². The Balaban J connectivity index is 2.12. The van der Waals surface area contributed by atoms with Crippen molar-refractivity contribution in [2.45, 2.75) is 9.79 Å². The predicted molar refractivity (Wildman–Crippen MR) is 110 cm³/mol. The van der Waals surface area contributed by atoms with Gasteiger partial charge in [-0.1, -0.05) is 24.3 Å². The fourth-order valence-electron chi connectivity index (χ4n) is 2.90. The van der Waals surface area contributed by atoms with Crippen LogP contribution < -0.4 is 11.5 Å². The molecule has 0 saturated heterocycles. The molecule has 0 atom stereocenters. The molecule has 3 aromatic carbocycles. The van der Waals surface area contributed by atoms with Crippen molar-refractivity contribution in [2.24, 2.45) is 0 Å². The maximum Gasteiger partial charge on any atom is 0.295 e. The molecule has 6 N–H and O–H groups in total. The van der Waals surface area contributed by atoms with Crippen molar-refractivity contribution in [3.63, 3.8) is 0 Å². The van der Waals surface area contributed by atoms with Crippen LogP contribution >= 0.6 is 0 Å². The quantitative estimate of drug-likeness (QED) is 0.259. The Morgan fingerprint density at radius 3 is 1.77 bits per heavy atom. The van der Waals surface area contributed by atoms with Gasteiger partial charge in [0, 0.05) is 28.1 Å². The Bertz CT molecular complexity index is 1340. The molecule has 0 aliphatic carbocycles. The molecule has 9 nitrogen and oxygen atoms in total. The van der Waals surface area contributed by atoms with Crippen molar-refractivity contribution >= 4 is 37.4 Å². The number of hydrogen-bond acceptors (Lipinski definition) is 7. The number of ketones is 1. The van der Waals surface area contributed by atoms with Crippen LogP contribution in [0, 0.1) is 0 Å². The van der Waals surface area contributed by atoms with Crippen LogP contribution in [0.3, 0.4) is 0 Å². The number of nitrogen functional groups attached to an aromatic ring is 2. The first-order valence-corrected chi connectivity index (χ1v) is 11.1. The number of rotatable bonds is 5. The van der Waals surface area contributed by atoms with Gasteiger partial charge >= 0.3 is 0 Å². The third-order valence-corrected chi connectivity index (χ3v) is 5.99. The zero-order chi connectivity index (χ0) is 22.3. The van der Waals surface area contributed by atoms with Crippen LogP contribution in [0.15, 0.2) is 70.5 Å². The second kappa shape index (κ2) is 7.54. The monoisotopic (exact) mass is 448 g/mol. The van der Waals surface area contributed by atoms with E-state index in [9.17, 15) is 26.2 Å². The second-order valence-electron chi connectivity index (χ2n) is 6.40. The Morgan fingerprint density at radius 2 is 1.27 bits per heavy atom. The third-order valence-electron chi connectivity index (χ3n) is 4.22. The van der Waals surface area contributed by atoms with Crippen molar-refractivity contribution in [3.8, 4) is 11.1 Å². The molecule has 0 aromatic heterocycles. The number of carbonyl (C=O) groups is 1. The van der Waals surface area contributed by atoms with E-state index in [4.69, 9.17) is 16.0 Å². The average molecular weight is 448 g/mol. The van der Waals surface area contributed by atoms with E-state index in [0.29, 0.717) is 0 Å². The molecule has 0 aliphatic rings. The molecule has 30 heavy (non-hydrogen) atoms. The summed E-state index contributed by atoms with van der Waals surface area (Å²) in [6.07, 6.45) is 0. The fourth-order valence-corrected chi connectivity index (χ4v) is 4.12. The highest BCUT2D eigenvalue weighted by Gasteiger charge is 2.21. The Labute approximate surface area is 172 Å². The van der Waals surface area contributed by atoms with Crippen molar-refractivity contribution in [1.82, 2.24) is 0 Å². The highest BCUT2D eigenvalue weighted by molar-refractivity contribution is 7.86. The molecule has 156 valence electrons. The van der Waals surface area contributed by atoms with E-state index in [0.717, 1.165) is 18.2 Å². The molecule has 0 saturated carbocycles. The molecule has 0 bridgehead atoms. The van der Waals surface area contributed by atoms with Crippen LogP contribution in [0.1, 0.15) is 15.9 Å². The highest BCUT2D eigenvalue weighted by atomic mass is 32.2. The van der Waals surface area contributed by atoms with Gasteiger partial charge in [-0.2, -0.15) is 16.8 Å². The van der Waals surface area contributed by atoms with Crippen LogP contribution in [0.2, 0.25) is 0 Å². The third kappa shape index (κ3) is 4.49. The van der Waals surface area contributed by atoms with Crippen molar-refractivity contribution < 1.29 is 30.7 Å². The van der Waals surface area contributed by atoms with Crippen molar-refractivity contribution in [2.75, 3.05) is 11.5 Å². The summed E-state index contributed by atoms with van der Waals surface area (Å²) in [5.74, 6) is -0.563. The van der Waals surface area contributed by atoms with E-state index in [1.54, 1.807) is 0 Å². The van der Waals surface area contributed by atoms with Gasteiger partial charge in [0.25, 0.3) is 20.2 Å². The lowest BCUT2D eigenvalue weighted by Gasteiger charge is -2.11. The van der Waals surface area contributed by atoms with Crippen LogP contribution in [0.25, 0.3) is 11.1 Å². The highest BCUT2D eigenvalue weighted by Crippen LogP contribution is 2.30. The number of benzene rings is 3. The summed E-state index contributed by atoms with van der Waals surface area (Å²) < 4.78 is 65.0. The number of hydrogen-bond donors (Lipinski definition) is 4.